The number of nitrogens with one attached hydrogen (secondary N) is 1. The van der Waals surface area contributed by atoms with Crippen LogP contribution in [0.4, 0.5) is 5.69 Å². The Kier molecular flexibility index (Phi) is 4.11. The van der Waals surface area contributed by atoms with Gasteiger partial charge < -0.3 is 15.2 Å². The molecule has 3 aromatic rings. The van der Waals surface area contributed by atoms with Crippen molar-refractivity contribution in [3.8, 4) is 5.75 Å². The number of nitrogens with zero attached hydrogens (tertiary/aromatic N) is 1. The van der Waals surface area contributed by atoms with Crippen LogP contribution in [0.5, 0.6) is 5.75 Å². The zero-order valence-electron chi connectivity index (χ0n) is 16.4. The second-order valence-electron chi connectivity index (χ2n) is 7.64. The second kappa shape index (κ2) is 6.71. The molecule has 5 rings (SSSR count). The van der Waals surface area contributed by atoms with Crippen molar-refractivity contribution < 1.29 is 19.4 Å². The van der Waals surface area contributed by atoms with Crippen LogP contribution < -0.4 is 10.1 Å². The maximum Gasteiger partial charge on any atom is 0.262 e. The maximum atomic E-state index is 13.3. The van der Waals surface area contributed by atoms with Crippen LogP contribution >= 0.6 is 0 Å². The van der Waals surface area contributed by atoms with Crippen LogP contribution in [0.1, 0.15) is 32.6 Å². The monoisotopic (exact) mass is 400 g/mol. The Morgan fingerprint density at radius 2 is 1.83 bits per heavy atom. The Morgan fingerprint density at radius 3 is 2.63 bits per heavy atom. The van der Waals surface area contributed by atoms with Gasteiger partial charge in [0.25, 0.3) is 11.8 Å². The molecule has 6 heteroatoms. The van der Waals surface area contributed by atoms with E-state index >= 15 is 0 Å². The third-order valence-corrected chi connectivity index (χ3v) is 5.65. The lowest BCUT2D eigenvalue weighted by Crippen LogP contribution is -2.44. The molecular formula is C24H20N2O4. The number of rotatable bonds is 3. The summed E-state index contributed by atoms with van der Waals surface area (Å²) >= 11 is 0. The number of aliphatic hydroxyl groups is 1. The molecule has 0 radical (unpaired) electrons. The van der Waals surface area contributed by atoms with Crippen molar-refractivity contribution in [3.63, 3.8) is 0 Å². The Hall–Kier alpha value is -3.64. The van der Waals surface area contributed by atoms with Crippen molar-refractivity contribution in [2.75, 3.05) is 11.9 Å². The Morgan fingerprint density at radius 1 is 1.07 bits per heavy atom. The van der Waals surface area contributed by atoms with Gasteiger partial charge in [0.15, 0.2) is 12.3 Å². The zero-order valence-corrected chi connectivity index (χ0v) is 16.4. The summed E-state index contributed by atoms with van der Waals surface area (Å²) in [6.07, 6.45) is 0. The SMILES string of the molecule is Cc1ccc(CN2C(=O)c3ccccc3C2(O)c2ccc3c(c2)NC(=O)CO3)cc1. The molecule has 2 aliphatic rings. The van der Waals surface area contributed by atoms with Crippen LogP contribution in [-0.2, 0) is 17.1 Å². The Balaban J connectivity index is 1.63. The highest BCUT2D eigenvalue weighted by atomic mass is 16.5. The van der Waals surface area contributed by atoms with Crippen molar-refractivity contribution in [3.05, 3.63) is 94.5 Å². The molecule has 0 saturated heterocycles. The molecule has 6 nitrogen and oxygen atoms in total. The molecule has 2 amide bonds. The highest BCUT2D eigenvalue weighted by Gasteiger charge is 2.50. The smallest absolute Gasteiger partial charge is 0.262 e. The van der Waals surface area contributed by atoms with E-state index in [0.29, 0.717) is 28.1 Å². The van der Waals surface area contributed by atoms with E-state index in [1.54, 1.807) is 42.5 Å². The van der Waals surface area contributed by atoms with Crippen LogP contribution in [0, 0.1) is 6.92 Å². The molecule has 2 heterocycles. The average molecular weight is 400 g/mol. The van der Waals surface area contributed by atoms with E-state index in [4.69, 9.17) is 4.74 Å². The molecule has 30 heavy (non-hydrogen) atoms. The molecule has 1 atom stereocenters. The zero-order chi connectivity index (χ0) is 20.9. The van der Waals surface area contributed by atoms with Crippen molar-refractivity contribution in [2.24, 2.45) is 0 Å². The van der Waals surface area contributed by atoms with Gasteiger partial charge >= 0.3 is 0 Å². The minimum absolute atomic E-state index is 0.0442. The highest BCUT2D eigenvalue weighted by molar-refractivity contribution is 6.00. The fourth-order valence-electron chi connectivity index (χ4n) is 4.08. The summed E-state index contributed by atoms with van der Waals surface area (Å²) in [5, 5.41) is 14.7. The summed E-state index contributed by atoms with van der Waals surface area (Å²) < 4.78 is 5.44. The van der Waals surface area contributed by atoms with E-state index in [2.05, 4.69) is 5.32 Å². The van der Waals surface area contributed by atoms with Gasteiger partial charge in [0.05, 0.1) is 5.69 Å². The second-order valence-corrected chi connectivity index (χ2v) is 7.64. The fourth-order valence-corrected chi connectivity index (χ4v) is 4.08. The molecule has 0 aliphatic carbocycles. The Bertz CT molecular complexity index is 1170. The number of hydrogen-bond acceptors (Lipinski definition) is 4. The number of fused-ring (bicyclic) bond motifs is 2. The molecule has 0 spiro atoms. The largest absolute Gasteiger partial charge is 0.482 e. The standard InChI is InChI=1S/C24H20N2O4/c1-15-6-8-16(9-7-15)13-26-23(28)18-4-2-3-5-19(18)24(26,29)17-10-11-21-20(12-17)25-22(27)14-30-21/h2-12,29H,13-14H2,1H3,(H,25,27). The van der Waals surface area contributed by atoms with E-state index in [0.717, 1.165) is 11.1 Å². The number of ether oxygens (including phenoxy) is 1. The number of hydrogen-bond donors (Lipinski definition) is 2. The third kappa shape index (κ3) is 2.76. The molecule has 0 saturated carbocycles. The number of carbonyl (C=O) groups is 2. The van der Waals surface area contributed by atoms with Gasteiger partial charge in [-0.1, -0.05) is 54.1 Å². The first kappa shape index (κ1) is 18.4. The first-order valence-electron chi connectivity index (χ1n) is 9.73. The lowest BCUT2D eigenvalue weighted by Gasteiger charge is -2.35. The minimum Gasteiger partial charge on any atom is -0.482 e. The van der Waals surface area contributed by atoms with Gasteiger partial charge in [-0.05, 0) is 30.7 Å². The fraction of sp³-hybridized carbons (Fsp3) is 0.167. The van der Waals surface area contributed by atoms with Crippen LogP contribution in [0.3, 0.4) is 0 Å². The number of benzene rings is 3. The first-order valence-corrected chi connectivity index (χ1v) is 9.73. The number of anilines is 1. The summed E-state index contributed by atoms with van der Waals surface area (Å²) in [5.41, 5.74) is 2.30. The van der Waals surface area contributed by atoms with Gasteiger partial charge in [-0.15, -0.1) is 0 Å². The van der Waals surface area contributed by atoms with Crippen LogP contribution in [0.15, 0.2) is 66.7 Å². The lowest BCUT2D eigenvalue weighted by atomic mass is 9.93. The first-order chi connectivity index (χ1) is 14.5. The third-order valence-electron chi connectivity index (χ3n) is 5.65. The van der Waals surface area contributed by atoms with Crippen molar-refractivity contribution in [1.29, 1.82) is 0 Å². The molecule has 2 N–H and O–H groups in total. The molecule has 0 aromatic heterocycles. The van der Waals surface area contributed by atoms with E-state index < -0.39 is 5.72 Å². The molecule has 3 aromatic carbocycles. The molecule has 2 aliphatic heterocycles. The maximum absolute atomic E-state index is 13.3. The van der Waals surface area contributed by atoms with Crippen molar-refractivity contribution in [1.82, 2.24) is 4.90 Å². The molecular weight excluding hydrogens is 380 g/mol. The van der Waals surface area contributed by atoms with Crippen LogP contribution in [-0.4, -0.2) is 28.4 Å². The van der Waals surface area contributed by atoms with E-state index in [1.807, 2.05) is 31.2 Å². The predicted molar refractivity (Wildman–Crippen MR) is 111 cm³/mol. The highest BCUT2D eigenvalue weighted by Crippen LogP contribution is 2.45. The summed E-state index contributed by atoms with van der Waals surface area (Å²) in [7, 11) is 0. The van der Waals surface area contributed by atoms with E-state index in [9.17, 15) is 14.7 Å². The predicted octanol–water partition coefficient (Wildman–Crippen LogP) is 3.18. The van der Waals surface area contributed by atoms with Crippen LogP contribution in [0.25, 0.3) is 0 Å². The normalized spacial score (nSPS) is 19.7. The van der Waals surface area contributed by atoms with Gasteiger partial charge in [0, 0.05) is 23.2 Å². The summed E-state index contributed by atoms with van der Waals surface area (Å²) in [6, 6.07) is 20.0. The quantitative estimate of drug-likeness (QED) is 0.708. The molecule has 0 bridgehead atoms. The molecule has 150 valence electrons. The number of carbonyl (C=O) groups excluding carboxylic acids is 2. The average Bonchev–Trinajstić information content (AvgIpc) is 2.98. The number of amides is 2. The van der Waals surface area contributed by atoms with Crippen LogP contribution in [0.2, 0.25) is 0 Å². The van der Waals surface area contributed by atoms with Crippen molar-refractivity contribution in [2.45, 2.75) is 19.2 Å². The van der Waals surface area contributed by atoms with Gasteiger partial charge in [-0.2, -0.15) is 0 Å². The van der Waals surface area contributed by atoms with E-state index in [1.165, 1.54) is 4.90 Å². The molecule has 0 fully saturated rings. The van der Waals surface area contributed by atoms with E-state index in [-0.39, 0.29) is 25.0 Å². The van der Waals surface area contributed by atoms with Crippen molar-refractivity contribution >= 4 is 17.5 Å². The van der Waals surface area contributed by atoms with Gasteiger partial charge in [0.2, 0.25) is 0 Å². The number of aryl methyl sites for hydroxylation is 1. The van der Waals surface area contributed by atoms with Gasteiger partial charge in [-0.25, -0.2) is 0 Å². The lowest BCUT2D eigenvalue weighted by molar-refractivity contribution is -0.118. The summed E-state index contributed by atoms with van der Waals surface area (Å²) in [4.78, 5) is 26.5. The van der Waals surface area contributed by atoms with Gasteiger partial charge in [-0.3, -0.25) is 14.5 Å². The minimum atomic E-state index is -1.67. The molecule has 1 unspecified atom stereocenters. The summed E-state index contributed by atoms with van der Waals surface area (Å²) in [5.74, 6) is 0.0300. The summed E-state index contributed by atoms with van der Waals surface area (Å²) in [6.45, 7) is 2.20. The Labute approximate surface area is 173 Å². The van der Waals surface area contributed by atoms with Gasteiger partial charge in [0.1, 0.15) is 5.75 Å². The topological polar surface area (TPSA) is 78.9 Å².